The first kappa shape index (κ1) is 25.3. The molecule has 0 bridgehead atoms. The second-order valence-corrected chi connectivity index (χ2v) is 11.4. The number of nitrogens with zero attached hydrogens (tertiary/aromatic N) is 2. The van der Waals surface area contributed by atoms with Crippen molar-refractivity contribution in [2.75, 3.05) is 10.0 Å². The molecule has 38 heavy (non-hydrogen) atoms. The molecule has 3 aromatic carbocycles. The fourth-order valence-corrected chi connectivity index (χ4v) is 4.84. The van der Waals surface area contributed by atoms with Gasteiger partial charge in [-0.15, -0.1) is 0 Å². The predicted octanol–water partition coefficient (Wildman–Crippen LogP) is 6.11. The van der Waals surface area contributed by atoms with Crippen molar-refractivity contribution in [3.63, 3.8) is 0 Å². The summed E-state index contributed by atoms with van der Waals surface area (Å²) in [4.78, 5) is 20.5. The van der Waals surface area contributed by atoms with Crippen molar-refractivity contribution in [1.82, 2.24) is 9.97 Å². The number of nitrogens with one attached hydrogen (secondary N) is 2. The highest BCUT2D eigenvalue weighted by Gasteiger charge is 2.23. The average Bonchev–Trinajstić information content (AvgIpc) is 3.33. The number of halogens is 2. The van der Waals surface area contributed by atoms with Gasteiger partial charge in [-0.05, 0) is 54.1 Å². The second-order valence-electron chi connectivity index (χ2n) is 9.68. The summed E-state index contributed by atoms with van der Waals surface area (Å²) in [6.45, 7) is 5.26. The normalized spacial score (nSPS) is 12.1. The molecule has 0 atom stereocenters. The molecular weight excluding hydrogens is 514 g/mol. The third kappa shape index (κ3) is 4.80. The highest BCUT2D eigenvalue weighted by Crippen LogP contribution is 2.33. The fraction of sp³-hybridized carbons (Fsp3) is 0.148. The van der Waals surface area contributed by atoms with Gasteiger partial charge in [-0.25, -0.2) is 27.2 Å². The average molecular weight is 537 g/mol. The van der Waals surface area contributed by atoms with Crippen LogP contribution in [0.25, 0.3) is 33.0 Å². The van der Waals surface area contributed by atoms with Gasteiger partial charge in [0.15, 0.2) is 5.82 Å². The Morgan fingerprint density at radius 1 is 0.974 bits per heavy atom. The van der Waals surface area contributed by atoms with E-state index < -0.39 is 38.3 Å². The summed E-state index contributed by atoms with van der Waals surface area (Å²) < 4.78 is 63.7. The molecule has 0 saturated carbocycles. The first-order valence-electron chi connectivity index (χ1n) is 11.5. The summed E-state index contributed by atoms with van der Waals surface area (Å²) >= 11 is 0. The monoisotopic (exact) mass is 536 g/mol. The number of aromatic nitrogens is 2. The van der Waals surface area contributed by atoms with Crippen LogP contribution in [0.1, 0.15) is 20.8 Å². The van der Waals surface area contributed by atoms with E-state index in [1.807, 2.05) is 0 Å². The van der Waals surface area contributed by atoms with Crippen molar-refractivity contribution in [1.29, 1.82) is 0 Å². The minimum Gasteiger partial charge on any atom is -0.464 e. The Bertz CT molecular complexity index is 1830. The van der Waals surface area contributed by atoms with E-state index in [4.69, 9.17) is 4.42 Å². The van der Waals surface area contributed by atoms with E-state index in [1.54, 1.807) is 26.8 Å². The van der Waals surface area contributed by atoms with Crippen LogP contribution in [-0.4, -0.2) is 24.3 Å². The maximum absolute atomic E-state index is 15.5. The summed E-state index contributed by atoms with van der Waals surface area (Å²) in [5, 5.41) is 3.67. The van der Waals surface area contributed by atoms with E-state index in [1.165, 1.54) is 48.9 Å². The van der Waals surface area contributed by atoms with Crippen LogP contribution in [0.15, 0.2) is 76.4 Å². The van der Waals surface area contributed by atoms with Crippen molar-refractivity contribution in [2.24, 2.45) is 5.41 Å². The quantitative estimate of drug-likeness (QED) is 0.280. The molecule has 8 nitrogen and oxygen atoms in total. The lowest BCUT2D eigenvalue weighted by Gasteiger charge is -2.16. The van der Waals surface area contributed by atoms with Crippen molar-refractivity contribution >= 4 is 49.4 Å². The number of furan rings is 1. The van der Waals surface area contributed by atoms with Gasteiger partial charge in [-0.2, -0.15) is 0 Å². The van der Waals surface area contributed by atoms with E-state index >= 15 is 4.39 Å². The van der Waals surface area contributed by atoms with Gasteiger partial charge < -0.3 is 4.42 Å². The van der Waals surface area contributed by atoms with Crippen LogP contribution in [0, 0.1) is 17.0 Å². The fourth-order valence-electron chi connectivity index (χ4n) is 3.75. The molecule has 2 aromatic heterocycles. The zero-order chi connectivity index (χ0) is 27.2. The molecule has 0 unspecified atom stereocenters. The van der Waals surface area contributed by atoms with E-state index in [2.05, 4.69) is 20.0 Å². The van der Waals surface area contributed by atoms with Gasteiger partial charge in [0.2, 0.25) is 11.9 Å². The molecule has 0 aliphatic carbocycles. The number of fused-ring (bicyclic) bond motifs is 2. The Morgan fingerprint density at radius 3 is 2.53 bits per heavy atom. The number of hydrogen-bond donors (Lipinski definition) is 2. The van der Waals surface area contributed by atoms with Gasteiger partial charge in [0.25, 0.3) is 10.0 Å². The first-order valence-corrected chi connectivity index (χ1v) is 13.0. The third-order valence-electron chi connectivity index (χ3n) is 5.84. The summed E-state index contributed by atoms with van der Waals surface area (Å²) in [7, 11) is -4.19. The SMILES string of the molecule is CC(C)(C)C(=O)Nc1ncc2cc(-c3c(F)ccc(NS(=O)(=O)c4ccc5occc5c4)c3F)ccc2n1. The zero-order valence-corrected chi connectivity index (χ0v) is 21.4. The molecule has 0 aliphatic rings. The lowest BCUT2D eigenvalue weighted by Crippen LogP contribution is -2.28. The molecule has 1 amide bonds. The van der Waals surface area contributed by atoms with Crippen LogP contribution in [0.5, 0.6) is 0 Å². The van der Waals surface area contributed by atoms with Crippen LogP contribution >= 0.6 is 0 Å². The highest BCUT2D eigenvalue weighted by molar-refractivity contribution is 7.92. The molecule has 11 heteroatoms. The molecule has 2 heterocycles. The van der Waals surface area contributed by atoms with Gasteiger partial charge in [-0.3, -0.25) is 14.8 Å². The Morgan fingerprint density at radius 2 is 1.76 bits per heavy atom. The molecular formula is C27H22F2N4O4S. The van der Waals surface area contributed by atoms with Gasteiger partial charge in [0.05, 0.1) is 27.9 Å². The number of amides is 1. The molecule has 0 spiro atoms. The molecule has 5 rings (SSSR count). The summed E-state index contributed by atoms with van der Waals surface area (Å²) in [6.07, 6.45) is 2.86. The number of rotatable bonds is 5. The smallest absolute Gasteiger partial charge is 0.262 e. The number of sulfonamides is 1. The van der Waals surface area contributed by atoms with Crippen LogP contribution < -0.4 is 10.0 Å². The van der Waals surface area contributed by atoms with Gasteiger partial charge in [-0.1, -0.05) is 26.8 Å². The maximum atomic E-state index is 15.5. The highest BCUT2D eigenvalue weighted by atomic mass is 32.2. The predicted molar refractivity (Wildman–Crippen MR) is 140 cm³/mol. The van der Waals surface area contributed by atoms with E-state index in [9.17, 15) is 17.6 Å². The topological polar surface area (TPSA) is 114 Å². The Kier molecular flexibility index (Phi) is 6.10. The van der Waals surface area contributed by atoms with Crippen molar-refractivity contribution in [3.8, 4) is 11.1 Å². The zero-order valence-electron chi connectivity index (χ0n) is 20.5. The molecule has 0 fully saturated rings. The third-order valence-corrected chi connectivity index (χ3v) is 7.21. The lowest BCUT2D eigenvalue weighted by atomic mass is 9.96. The van der Waals surface area contributed by atoms with Crippen LogP contribution in [0.4, 0.5) is 20.4 Å². The van der Waals surface area contributed by atoms with Gasteiger partial charge >= 0.3 is 0 Å². The van der Waals surface area contributed by atoms with E-state index in [0.29, 0.717) is 21.9 Å². The minimum absolute atomic E-state index is 0.103. The van der Waals surface area contributed by atoms with E-state index in [0.717, 1.165) is 12.1 Å². The Hall–Kier alpha value is -4.38. The first-order chi connectivity index (χ1) is 17.9. The second kappa shape index (κ2) is 9.18. The van der Waals surface area contributed by atoms with Crippen LogP contribution in [-0.2, 0) is 14.8 Å². The van der Waals surface area contributed by atoms with Gasteiger partial charge in [0.1, 0.15) is 11.4 Å². The summed E-state index contributed by atoms with van der Waals surface area (Å²) in [6, 6.07) is 12.3. The largest absolute Gasteiger partial charge is 0.464 e. The van der Waals surface area contributed by atoms with E-state index in [-0.39, 0.29) is 22.3 Å². The number of benzene rings is 3. The molecule has 5 aromatic rings. The van der Waals surface area contributed by atoms with Crippen LogP contribution in [0.3, 0.4) is 0 Å². The standard InChI is InChI=1S/C27H22F2N4O4S/c1-27(2,3)25(34)32-26-30-14-17-12-16(4-7-20(17)31-26)23-19(28)6-8-21(24(23)29)33-38(35,36)18-5-9-22-15(13-18)10-11-37-22/h4-14,33H,1-3H3,(H,30,31,32,34). The number of carbonyl (C=O) groups is 1. The minimum atomic E-state index is -4.19. The Labute approximate surface area is 216 Å². The van der Waals surface area contributed by atoms with Crippen molar-refractivity contribution in [2.45, 2.75) is 25.7 Å². The molecule has 0 aliphatic heterocycles. The molecule has 0 saturated heterocycles. The maximum Gasteiger partial charge on any atom is 0.262 e. The molecule has 0 radical (unpaired) electrons. The van der Waals surface area contributed by atoms with Crippen molar-refractivity contribution in [3.05, 3.63) is 78.7 Å². The van der Waals surface area contributed by atoms with Crippen LogP contribution in [0.2, 0.25) is 0 Å². The summed E-state index contributed by atoms with van der Waals surface area (Å²) in [5.41, 5.74) is -0.366. The van der Waals surface area contributed by atoms with Gasteiger partial charge in [0, 0.05) is 22.4 Å². The Balaban J connectivity index is 1.47. The summed E-state index contributed by atoms with van der Waals surface area (Å²) in [5.74, 6) is -2.11. The number of carbonyl (C=O) groups excluding carboxylic acids is 1. The number of anilines is 2. The molecule has 2 N–H and O–H groups in total. The number of hydrogen-bond acceptors (Lipinski definition) is 6. The molecule has 194 valence electrons. The lowest BCUT2D eigenvalue weighted by molar-refractivity contribution is -0.123. The van der Waals surface area contributed by atoms with Crippen molar-refractivity contribution < 1.29 is 26.4 Å².